The van der Waals surface area contributed by atoms with E-state index < -0.39 is 0 Å². The SMILES string of the molecule is Cc1ccc(Cl)c(Nc2nc3ccc(Br)cc3s2)c1. The first kappa shape index (κ1) is 12.9. The van der Waals surface area contributed by atoms with Crippen LogP contribution in [0, 0.1) is 6.92 Å². The van der Waals surface area contributed by atoms with Gasteiger partial charge in [0.2, 0.25) is 0 Å². The van der Waals surface area contributed by atoms with Gasteiger partial charge >= 0.3 is 0 Å². The summed E-state index contributed by atoms with van der Waals surface area (Å²) in [5.41, 5.74) is 3.04. The third-order valence-electron chi connectivity index (χ3n) is 2.71. The van der Waals surface area contributed by atoms with Crippen LogP contribution < -0.4 is 5.32 Å². The van der Waals surface area contributed by atoms with Gasteiger partial charge in [-0.1, -0.05) is 44.9 Å². The van der Waals surface area contributed by atoms with E-state index in [4.69, 9.17) is 11.6 Å². The van der Waals surface area contributed by atoms with Crippen LogP contribution >= 0.6 is 38.9 Å². The number of nitrogens with one attached hydrogen (secondary N) is 1. The van der Waals surface area contributed by atoms with Crippen molar-refractivity contribution in [2.75, 3.05) is 5.32 Å². The van der Waals surface area contributed by atoms with Gasteiger partial charge in [0.1, 0.15) is 0 Å². The number of hydrogen-bond acceptors (Lipinski definition) is 3. The Labute approximate surface area is 128 Å². The molecule has 2 nitrogen and oxygen atoms in total. The lowest BCUT2D eigenvalue weighted by atomic mass is 10.2. The van der Waals surface area contributed by atoms with E-state index >= 15 is 0 Å². The Balaban J connectivity index is 1.98. The van der Waals surface area contributed by atoms with Crippen LogP contribution in [0.4, 0.5) is 10.8 Å². The molecule has 0 aliphatic heterocycles. The molecule has 2 aromatic carbocycles. The highest BCUT2D eigenvalue weighted by molar-refractivity contribution is 9.10. The fourth-order valence-corrected chi connectivity index (χ4v) is 3.40. The largest absolute Gasteiger partial charge is 0.330 e. The van der Waals surface area contributed by atoms with Crippen LogP contribution in [0.2, 0.25) is 5.02 Å². The molecule has 0 aliphatic rings. The molecule has 0 bridgehead atoms. The molecule has 0 fully saturated rings. The van der Waals surface area contributed by atoms with Crippen LogP contribution in [0.25, 0.3) is 10.2 Å². The molecular weight excluding hydrogens is 344 g/mol. The quantitative estimate of drug-likeness (QED) is 0.633. The van der Waals surface area contributed by atoms with Crippen molar-refractivity contribution in [2.45, 2.75) is 6.92 Å². The number of nitrogens with zero attached hydrogens (tertiary/aromatic N) is 1. The molecule has 19 heavy (non-hydrogen) atoms. The summed E-state index contributed by atoms with van der Waals surface area (Å²) < 4.78 is 2.20. The van der Waals surface area contributed by atoms with Crippen molar-refractivity contribution in [1.29, 1.82) is 0 Å². The summed E-state index contributed by atoms with van der Waals surface area (Å²) in [6.45, 7) is 2.04. The highest BCUT2D eigenvalue weighted by Crippen LogP contribution is 2.32. The first-order chi connectivity index (χ1) is 9.11. The monoisotopic (exact) mass is 352 g/mol. The Hall–Kier alpha value is -1.10. The molecule has 0 radical (unpaired) electrons. The van der Waals surface area contributed by atoms with Crippen molar-refractivity contribution in [2.24, 2.45) is 0 Å². The van der Waals surface area contributed by atoms with Crippen molar-refractivity contribution >= 4 is 59.9 Å². The maximum absolute atomic E-state index is 6.18. The molecular formula is C14H10BrClN2S. The summed E-state index contributed by atoms with van der Waals surface area (Å²) in [5, 5.41) is 4.83. The van der Waals surface area contributed by atoms with Crippen molar-refractivity contribution in [3.63, 3.8) is 0 Å². The van der Waals surface area contributed by atoms with Crippen LogP contribution in [0.1, 0.15) is 5.56 Å². The lowest BCUT2D eigenvalue weighted by molar-refractivity contribution is 1.41. The number of rotatable bonds is 2. The first-order valence-electron chi connectivity index (χ1n) is 5.71. The molecule has 1 N–H and O–H groups in total. The van der Waals surface area contributed by atoms with E-state index in [1.807, 2.05) is 37.3 Å². The predicted molar refractivity (Wildman–Crippen MR) is 86.8 cm³/mol. The second-order valence-electron chi connectivity index (χ2n) is 4.24. The van der Waals surface area contributed by atoms with E-state index in [9.17, 15) is 0 Å². The van der Waals surface area contributed by atoms with Crippen molar-refractivity contribution in [3.8, 4) is 0 Å². The van der Waals surface area contributed by atoms with E-state index in [1.165, 1.54) is 0 Å². The lowest BCUT2D eigenvalue weighted by Gasteiger charge is -2.05. The summed E-state index contributed by atoms with van der Waals surface area (Å²) in [6, 6.07) is 12.0. The molecule has 0 saturated heterocycles. The van der Waals surface area contributed by atoms with Crippen LogP contribution in [0.15, 0.2) is 40.9 Å². The molecule has 1 aromatic heterocycles. The van der Waals surface area contributed by atoms with Gasteiger partial charge in [-0.3, -0.25) is 0 Å². The van der Waals surface area contributed by atoms with E-state index in [2.05, 4.69) is 32.3 Å². The number of thiazole rings is 1. The Morgan fingerprint density at radius 3 is 2.89 bits per heavy atom. The zero-order chi connectivity index (χ0) is 13.4. The van der Waals surface area contributed by atoms with Gasteiger partial charge in [0.05, 0.1) is 20.9 Å². The third kappa shape index (κ3) is 2.76. The van der Waals surface area contributed by atoms with Crippen LogP contribution in [0.3, 0.4) is 0 Å². The van der Waals surface area contributed by atoms with Crippen molar-refractivity contribution < 1.29 is 0 Å². The average Bonchev–Trinajstić information content (AvgIpc) is 2.75. The first-order valence-corrected chi connectivity index (χ1v) is 7.70. The van der Waals surface area contributed by atoms with Crippen molar-refractivity contribution in [1.82, 2.24) is 4.98 Å². The predicted octanol–water partition coefficient (Wildman–Crippen LogP) is 5.76. The molecule has 3 aromatic rings. The number of aryl methyl sites for hydroxylation is 1. The number of hydrogen-bond donors (Lipinski definition) is 1. The van der Waals surface area contributed by atoms with Gasteiger partial charge in [-0.2, -0.15) is 0 Å². The molecule has 0 amide bonds. The number of halogens is 2. The molecule has 1 heterocycles. The summed E-state index contributed by atoms with van der Waals surface area (Å²) in [7, 11) is 0. The zero-order valence-corrected chi connectivity index (χ0v) is 13.2. The Bertz CT molecular complexity index is 754. The summed E-state index contributed by atoms with van der Waals surface area (Å²) in [6.07, 6.45) is 0. The minimum Gasteiger partial charge on any atom is -0.330 e. The third-order valence-corrected chi connectivity index (χ3v) is 4.47. The molecule has 5 heteroatoms. The maximum atomic E-state index is 6.18. The molecule has 0 spiro atoms. The molecule has 0 aliphatic carbocycles. The minimum atomic E-state index is 0.700. The number of anilines is 2. The van der Waals surface area contributed by atoms with E-state index in [1.54, 1.807) is 11.3 Å². The molecule has 3 rings (SSSR count). The van der Waals surface area contributed by atoms with Crippen molar-refractivity contribution in [3.05, 3.63) is 51.5 Å². The lowest BCUT2D eigenvalue weighted by Crippen LogP contribution is -1.90. The van der Waals surface area contributed by atoms with E-state index in [0.29, 0.717) is 5.02 Å². The van der Waals surface area contributed by atoms with Crippen LogP contribution in [0.5, 0.6) is 0 Å². The van der Waals surface area contributed by atoms with Crippen LogP contribution in [-0.2, 0) is 0 Å². The number of aromatic nitrogens is 1. The average molecular weight is 354 g/mol. The summed E-state index contributed by atoms with van der Waals surface area (Å²) in [4.78, 5) is 4.55. The highest BCUT2D eigenvalue weighted by atomic mass is 79.9. The molecule has 0 atom stereocenters. The fraction of sp³-hybridized carbons (Fsp3) is 0.0714. The van der Waals surface area contributed by atoms with Crippen LogP contribution in [-0.4, -0.2) is 4.98 Å². The minimum absolute atomic E-state index is 0.700. The van der Waals surface area contributed by atoms with Gasteiger partial charge in [0, 0.05) is 4.47 Å². The van der Waals surface area contributed by atoms with Gasteiger partial charge in [0.15, 0.2) is 5.13 Å². The van der Waals surface area contributed by atoms with Gasteiger partial charge in [-0.25, -0.2) is 4.98 Å². The van der Waals surface area contributed by atoms with Gasteiger partial charge in [0.25, 0.3) is 0 Å². The van der Waals surface area contributed by atoms with E-state index in [0.717, 1.165) is 31.1 Å². The van der Waals surface area contributed by atoms with Gasteiger partial charge < -0.3 is 5.32 Å². The molecule has 0 saturated carbocycles. The topological polar surface area (TPSA) is 24.9 Å². The number of benzene rings is 2. The Kier molecular flexibility index (Phi) is 3.48. The zero-order valence-electron chi connectivity index (χ0n) is 10.1. The Morgan fingerprint density at radius 2 is 2.05 bits per heavy atom. The van der Waals surface area contributed by atoms with E-state index in [-0.39, 0.29) is 0 Å². The standard InChI is InChI=1S/C14H10BrClN2S/c1-8-2-4-10(16)12(6-8)18-14-17-11-5-3-9(15)7-13(11)19-14/h2-7H,1H3,(H,17,18). The molecule has 0 unspecified atom stereocenters. The second kappa shape index (κ2) is 5.12. The molecule has 96 valence electrons. The second-order valence-corrected chi connectivity index (χ2v) is 6.59. The normalized spacial score (nSPS) is 10.9. The highest BCUT2D eigenvalue weighted by Gasteiger charge is 2.06. The fourth-order valence-electron chi connectivity index (χ4n) is 1.80. The maximum Gasteiger partial charge on any atom is 0.188 e. The smallest absolute Gasteiger partial charge is 0.188 e. The van der Waals surface area contributed by atoms with Gasteiger partial charge in [-0.15, -0.1) is 0 Å². The van der Waals surface area contributed by atoms with Gasteiger partial charge in [-0.05, 0) is 42.8 Å². The summed E-state index contributed by atoms with van der Waals surface area (Å²) in [5.74, 6) is 0. The number of fused-ring (bicyclic) bond motifs is 1. The Morgan fingerprint density at radius 1 is 1.21 bits per heavy atom. The summed E-state index contributed by atoms with van der Waals surface area (Å²) >= 11 is 11.3.